The van der Waals surface area contributed by atoms with Gasteiger partial charge in [-0.15, -0.1) is 0 Å². The van der Waals surface area contributed by atoms with Gasteiger partial charge in [-0.3, -0.25) is 9.59 Å². The molecule has 0 aliphatic carbocycles. The molecule has 0 atom stereocenters. The number of halogens is 2. The average molecular weight is 388 g/mol. The SMILES string of the molecule is COC(=O)N1CCCN(C(=O)CNC(=O)c2ccc(Cl)cc2Cl)CC1. The van der Waals surface area contributed by atoms with Crippen LogP contribution in [-0.2, 0) is 9.53 Å². The highest BCUT2D eigenvalue weighted by molar-refractivity contribution is 6.36. The van der Waals surface area contributed by atoms with Crippen LogP contribution in [0, 0.1) is 0 Å². The topological polar surface area (TPSA) is 79.0 Å². The summed E-state index contributed by atoms with van der Waals surface area (Å²) in [5.74, 6) is -0.661. The zero-order valence-electron chi connectivity index (χ0n) is 13.8. The Morgan fingerprint density at radius 3 is 2.48 bits per heavy atom. The Balaban J connectivity index is 1.87. The predicted molar refractivity (Wildman–Crippen MR) is 94.0 cm³/mol. The van der Waals surface area contributed by atoms with Crippen molar-refractivity contribution in [3.05, 3.63) is 33.8 Å². The summed E-state index contributed by atoms with van der Waals surface area (Å²) in [6.07, 6.45) is 0.248. The summed E-state index contributed by atoms with van der Waals surface area (Å²) in [6, 6.07) is 4.53. The third-order valence-corrected chi connectivity index (χ3v) is 4.41. The zero-order chi connectivity index (χ0) is 18.4. The lowest BCUT2D eigenvalue weighted by Crippen LogP contribution is -2.42. The third kappa shape index (κ3) is 5.24. The average Bonchev–Trinajstić information content (AvgIpc) is 2.85. The summed E-state index contributed by atoms with van der Waals surface area (Å²) in [7, 11) is 1.33. The number of hydrogen-bond donors (Lipinski definition) is 1. The molecule has 136 valence electrons. The van der Waals surface area contributed by atoms with E-state index in [2.05, 4.69) is 5.32 Å². The van der Waals surface area contributed by atoms with Gasteiger partial charge >= 0.3 is 6.09 Å². The summed E-state index contributed by atoms with van der Waals surface area (Å²) in [5, 5.41) is 3.21. The molecule has 0 bridgehead atoms. The van der Waals surface area contributed by atoms with Crippen LogP contribution in [0.25, 0.3) is 0 Å². The molecule has 1 aliphatic rings. The number of methoxy groups -OCH3 is 1. The van der Waals surface area contributed by atoms with Crippen LogP contribution in [0.3, 0.4) is 0 Å². The second-order valence-electron chi connectivity index (χ2n) is 5.50. The summed E-state index contributed by atoms with van der Waals surface area (Å²) < 4.78 is 4.69. The van der Waals surface area contributed by atoms with Gasteiger partial charge in [0.2, 0.25) is 5.91 Å². The Morgan fingerprint density at radius 1 is 1.12 bits per heavy atom. The maximum Gasteiger partial charge on any atom is 0.409 e. The van der Waals surface area contributed by atoms with Crippen LogP contribution in [0.2, 0.25) is 10.0 Å². The maximum atomic E-state index is 12.3. The Kier molecular flexibility index (Phi) is 6.90. The molecule has 0 saturated carbocycles. The van der Waals surface area contributed by atoms with Crippen LogP contribution >= 0.6 is 23.2 Å². The van der Waals surface area contributed by atoms with Crippen molar-refractivity contribution in [2.45, 2.75) is 6.42 Å². The first kappa shape index (κ1) is 19.3. The highest BCUT2D eigenvalue weighted by Crippen LogP contribution is 2.20. The van der Waals surface area contributed by atoms with Gasteiger partial charge in [0.25, 0.3) is 5.91 Å². The number of amides is 3. The molecule has 1 heterocycles. The molecule has 1 N–H and O–H groups in total. The number of carbonyl (C=O) groups is 3. The van der Waals surface area contributed by atoms with Crippen molar-refractivity contribution in [1.29, 1.82) is 0 Å². The third-order valence-electron chi connectivity index (χ3n) is 3.86. The predicted octanol–water partition coefficient (Wildman–Crippen LogP) is 2.02. The van der Waals surface area contributed by atoms with E-state index in [-0.39, 0.29) is 23.0 Å². The van der Waals surface area contributed by atoms with Crippen LogP contribution in [0.1, 0.15) is 16.8 Å². The van der Waals surface area contributed by atoms with Crippen molar-refractivity contribution in [1.82, 2.24) is 15.1 Å². The number of hydrogen-bond acceptors (Lipinski definition) is 4. The van der Waals surface area contributed by atoms with E-state index in [9.17, 15) is 14.4 Å². The van der Waals surface area contributed by atoms with E-state index in [1.165, 1.54) is 19.2 Å². The second-order valence-corrected chi connectivity index (χ2v) is 6.34. The number of ether oxygens (including phenoxy) is 1. The fourth-order valence-corrected chi connectivity index (χ4v) is 3.01. The summed E-state index contributed by atoms with van der Waals surface area (Å²) in [5.41, 5.74) is 0.256. The molecule has 9 heteroatoms. The van der Waals surface area contributed by atoms with E-state index in [4.69, 9.17) is 27.9 Å². The molecule has 1 aromatic carbocycles. The van der Waals surface area contributed by atoms with Crippen LogP contribution in [0.15, 0.2) is 18.2 Å². The molecule has 1 saturated heterocycles. The van der Waals surface area contributed by atoms with Gasteiger partial charge in [-0.2, -0.15) is 0 Å². The lowest BCUT2D eigenvalue weighted by molar-refractivity contribution is -0.130. The Morgan fingerprint density at radius 2 is 1.80 bits per heavy atom. The van der Waals surface area contributed by atoms with E-state index in [0.717, 1.165) is 0 Å². The van der Waals surface area contributed by atoms with Gasteiger partial charge in [0.05, 0.1) is 24.2 Å². The van der Waals surface area contributed by atoms with Gasteiger partial charge < -0.3 is 19.9 Å². The minimum atomic E-state index is -0.443. The summed E-state index contributed by atoms with van der Waals surface area (Å²) >= 11 is 11.8. The minimum Gasteiger partial charge on any atom is -0.453 e. The molecule has 0 spiro atoms. The first-order valence-electron chi connectivity index (χ1n) is 7.76. The first-order chi connectivity index (χ1) is 11.9. The van der Waals surface area contributed by atoms with Crippen molar-refractivity contribution in [2.24, 2.45) is 0 Å². The van der Waals surface area contributed by atoms with E-state index >= 15 is 0 Å². The fourth-order valence-electron chi connectivity index (χ4n) is 2.52. The Hall–Kier alpha value is -1.99. The number of nitrogens with one attached hydrogen (secondary N) is 1. The minimum absolute atomic E-state index is 0.143. The molecule has 2 rings (SSSR count). The highest BCUT2D eigenvalue weighted by Gasteiger charge is 2.22. The van der Waals surface area contributed by atoms with Gasteiger partial charge in [0, 0.05) is 31.2 Å². The van der Waals surface area contributed by atoms with Gasteiger partial charge in [0.15, 0.2) is 0 Å². The lowest BCUT2D eigenvalue weighted by atomic mass is 10.2. The largest absolute Gasteiger partial charge is 0.453 e. The van der Waals surface area contributed by atoms with Crippen molar-refractivity contribution >= 4 is 41.1 Å². The van der Waals surface area contributed by atoms with Gasteiger partial charge in [0.1, 0.15) is 0 Å². The number of rotatable bonds is 3. The number of carbonyl (C=O) groups excluding carboxylic acids is 3. The first-order valence-corrected chi connectivity index (χ1v) is 8.52. The van der Waals surface area contributed by atoms with Crippen molar-refractivity contribution < 1.29 is 19.1 Å². The van der Waals surface area contributed by atoms with E-state index in [1.807, 2.05) is 0 Å². The monoisotopic (exact) mass is 387 g/mol. The van der Waals surface area contributed by atoms with Crippen LogP contribution < -0.4 is 5.32 Å². The molecule has 7 nitrogen and oxygen atoms in total. The fraction of sp³-hybridized carbons (Fsp3) is 0.438. The molecule has 0 unspecified atom stereocenters. The Labute approximate surface area is 155 Å². The summed E-state index contributed by atoms with van der Waals surface area (Å²) in [4.78, 5) is 39.1. The van der Waals surface area contributed by atoms with E-state index in [0.29, 0.717) is 37.6 Å². The van der Waals surface area contributed by atoms with Crippen LogP contribution in [-0.4, -0.2) is 67.5 Å². The highest BCUT2D eigenvalue weighted by atomic mass is 35.5. The second kappa shape index (κ2) is 8.92. The smallest absolute Gasteiger partial charge is 0.409 e. The van der Waals surface area contributed by atoms with E-state index in [1.54, 1.807) is 15.9 Å². The standard InChI is InChI=1S/C16H19Cl2N3O4/c1-25-16(24)21-6-2-5-20(7-8-21)14(22)10-19-15(23)12-4-3-11(17)9-13(12)18/h3-4,9H,2,5-8,10H2,1H3,(H,19,23). The number of benzene rings is 1. The summed E-state index contributed by atoms with van der Waals surface area (Å²) in [6.45, 7) is 1.70. The Bertz CT molecular complexity index is 669. The van der Waals surface area contributed by atoms with Crippen molar-refractivity contribution in [3.8, 4) is 0 Å². The quantitative estimate of drug-likeness (QED) is 0.860. The molecule has 1 fully saturated rings. The zero-order valence-corrected chi connectivity index (χ0v) is 15.3. The van der Waals surface area contributed by atoms with Crippen molar-refractivity contribution in [2.75, 3.05) is 39.8 Å². The molecule has 1 aliphatic heterocycles. The van der Waals surface area contributed by atoms with Crippen LogP contribution in [0.5, 0.6) is 0 Å². The van der Waals surface area contributed by atoms with Gasteiger partial charge in [-0.05, 0) is 24.6 Å². The maximum absolute atomic E-state index is 12.3. The molecule has 0 radical (unpaired) electrons. The molecule has 1 aromatic rings. The molecule has 0 aromatic heterocycles. The lowest BCUT2D eigenvalue weighted by Gasteiger charge is -2.21. The molecule has 25 heavy (non-hydrogen) atoms. The molecular weight excluding hydrogens is 369 g/mol. The van der Waals surface area contributed by atoms with Gasteiger partial charge in [-0.25, -0.2) is 4.79 Å². The van der Waals surface area contributed by atoms with Gasteiger partial charge in [-0.1, -0.05) is 23.2 Å². The van der Waals surface area contributed by atoms with E-state index < -0.39 is 12.0 Å². The molecular formula is C16H19Cl2N3O4. The normalized spacial score (nSPS) is 14.7. The van der Waals surface area contributed by atoms with Crippen molar-refractivity contribution in [3.63, 3.8) is 0 Å². The van der Waals surface area contributed by atoms with Crippen LogP contribution in [0.4, 0.5) is 4.79 Å². The number of nitrogens with zero attached hydrogens (tertiary/aromatic N) is 2. The molecule has 3 amide bonds.